The topological polar surface area (TPSA) is 47.6 Å². The maximum Gasteiger partial charge on any atom is 0.416 e. The van der Waals surface area contributed by atoms with Gasteiger partial charge in [-0.2, -0.15) is 13.2 Å². The van der Waals surface area contributed by atoms with Crippen LogP contribution in [0, 0.1) is 17.6 Å². The summed E-state index contributed by atoms with van der Waals surface area (Å²) in [6.45, 7) is -0.154. The minimum absolute atomic E-state index is 0.0423. The van der Waals surface area contributed by atoms with Crippen molar-refractivity contribution >= 4 is 16.9 Å². The molecule has 4 rings (SSSR count). The van der Waals surface area contributed by atoms with Crippen LogP contribution < -0.4 is 5.73 Å². The number of nitrogens with zero attached hydrogens (tertiary/aromatic N) is 1. The molecule has 0 spiro atoms. The molecule has 0 aromatic heterocycles. The molecule has 2 aliphatic rings. The number of hydrogen-bond acceptors (Lipinski definition) is 4. The van der Waals surface area contributed by atoms with Gasteiger partial charge in [-0.05, 0) is 24.1 Å². The molecule has 9 heteroatoms. The fourth-order valence-corrected chi connectivity index (χ4v) is 5.07. The van der Waals surface area contributed by atoms with Crippen LogP contribution in [0.1, 0.15) is 29.2 Å². The van der Waals surface area contributed by atoms with Gasteiger partial charge >= 0.3 is 6.18 Å². The van der Waals surface area contributed by atoms with Gasteiger partial charge in [0.15, 0.2) is 5.17 Å². The zero-order valence-corrected chi connectivity index (χ0v) is 15.9. The third-order valence-corrected chi connectivity index (χ3v) is 6.39. The van der Waals surface area contributed by atoms with Crippen molar-refractivity contribution in [3.05, 3.63) is 70.8 Å². The Hall–Kier alpha value is -2.13. The fourth-order valence-electron chi connectivity index (χ4n) is 4.06. The summed E-state index contributed by atoms with van der Waals surface area (Å²) in [6.07, 6.45) is -5.13. The number of hydrogen-bond donors (Lipinski definition) is 1. The van der Waals surface area contributed by atoms with Crippen LogP contribution in [0.2, 0.25) is 0 Å². The Kier molecular flexibility index (Phi) is 5.06. The number of aliphatic imine (C=N–C) groups is 1. The second-order valence-electron chi connectivity index (χ2n) is 7.13. The Morgan fingerprint density at radius 3 is 2.62 bits per heavy atom. The molecule has 0 saturated carbocycles. The summed E-state index contributed by atoms with van der Waals surface area (Å²) in [7, 11) is 0. The first-order chi connectivity index (χ1) is 13.7. The molecule has 3 nitrogen and oxygen atoms in total. The monoisotopic (exact) mass is 428 g/mol. The van der Waals surface area contributed by atoms with E-state index in [2.05, 4.69) is 4.99 Å². The molecule has 2 aliphatic heterocycles. The molecule has 0 bridgehead atoms. The van der Waals surface area contributed by atoms with E-state index < -0.39 is 35.0 Å². The van der Waals surface area contributed by atoms with Crippen LogP contribution in [0.15, 0.2) is 47.5 Å². The summed E-state index contributed by atoms with van der Waals surface area (Å²) in [5.41, 5.74) is 4.11. The Bertz CT molecular complexity index is 964. The van der Waals surface area contributed by atoms with Crippen molar-refractivity contribution in [3.8, 4) is 0 Å². The number of benzene rings is 2. The van der Waals surface area contributed by atoms with Crippen LogP contribution >= 0.6 is 11.8 Å². The molecule has 1 fully saturated rings. The van der Waals surface area contributed by atoms with E-state index >= 15 is 0 Å². The second-order valence-corrected chi connectivity index (χ2v) is 8.17. The largest absolute Gasteiger partial charge is 0.416 e. The van der Waals surface area contributed by atoms with Gasteiger partial charge in [-0.15, -0.1) is 0 Å². The van der Waals surface area contributed by atoms with E-state index in [1.807, 2.05) is 0 Å². The Morgan fingerprint density at radius 1 is 1.14 bits per heavy atom. The fraction of sp³-hybridized carbons (Fsp3) is 0.350. The standard InChI is InChI=1S/C20H17F5N2OS/c21-12-5-6-15(16(22)8-12)19-10-28-17(7-11(19)9-29-18(26)27-19)13-3-1-2-4-14(13)20(23,24)25/h1-6,8,11,17H,7,9-10H2,(H2,26,27)/t11-,17+,19-/m0/s1. The Labute approximate surface area is 168 Å². The highest BCUT2D eigenvalue weighted by Gasteiger charge is 2.50. The highest BCUT2D eigenvalue weighted by molar-refractivity contribution is 8.13. The molecule has 0 aliphatic carbocycles. The highest BCUT2D eigenvalue weighted by Crippen LogP contribution is 2.50. The lowest BCUT2D eigenvalue weighted by atomic mass is 9.74. The summed E-state index contributed by atoms with van der Waals surface area (Å²) < 4.78 is 74.2. The van der Waals surface area contributed by atoms with Gasteiger partial charge in [0.05, 0.1) is 18.3 Å². The Morgan fingerprint density at radius 2 is 1.90 bits per heavy atom. The van der Waals surface area contributed by atoms with Gasteiger partial charge in [0.1, 0.15) is 17.2 Å². The SMILES string of the molecule is NC1=N[C@@]2(c3ccc(F)cc3F)CO[C@@H](c3ccccc3C(F)(F)F)C[C@H]2CS1. The molecular weight excluding hydrogens is 411 g/mol. The molecule has 2 heterocycles. The molecule has 0 radical (unpaired) electrons. The molecule has 154 valence electrons. The minimum atomic E-state index is -4.51. The normalized spacial score (nSPS) is 27.3. The predicted octanol–water partition coefficient (Wildman–Crippen LogP) is 5.02. The minimum Gasteiger partial charge on any atom is -0.379 e. The molecular formula is C20H17F5N2OS. The molecule has 2 N–H and O–H groups in total. The van der Waals surface area contributed by atoms with Crippen molar-refractivity contribution in [1.29, 1.82) is 0 Å². The van der Waals surface area contributed by atoms with Crippen molar-refractivity contribution in [2.75, 3.05) is 12.4 Å². The molecule has 2 aromatic carbocycles. The summed E-state index contributed by atoms with van der Waals surface area (Å²) in [4.78, 5) is 4.44. The average molecular weight is 428 g/mol. The van der Waals surface area contributed by atoms with E-state index in [9.17, 15) is 22.0 Å². The number of halogens is 5. The second kappa shape index (κ2) is 7.28. The van der Waals surface area contributed by atoms with Crippen molar-refractivity contribution in [2.24, 2.45) is 16.6 Å². The highest BCUT2D eigenvalue weighted by atomic mass is 32.2. The maximum absolute atomic E-state index is 14.6. The number of amidine groups is 1. The molecule has 3 atom stereocenters. The van der Waals surface area contributed by atoms with Crippen LogP contribution in [0.25, 0.3) is 0 Å². The number of thioether (sulfide) groups is 1. The summed E-state index contributed by atoms with van der Waals surface area (Å²) in [6, 6.07) is 8.47. The van der Waals surface area contributed by atoms with Crippen molar-refractivity contribution in [1.82, 2.24) is 0 Å². The first-order valence-electron chi connectivity index (χ1n) is 8.92. The van der Waals surface area contributed by atoms with E-state index in [4.69, 9.17) is 10.5 Å². The van der Waals surface area contributed by atoms with E-state index in [0.29, 0.717) is 5.75 Å². The quantitative estimate of drug-likeness (QED) is 0.684. The van der Waals surface area contributed by atoms with Gasteiger partial charge in [0, 0.05) is 23.3 Å². The lowest BCUT2D eigenvalue weighted by Crippen LogP contribution is -2.48. The smallest absolute Gasteiger partial charge is 0.379 e. The van der Waals surface area contributed by atoms with E-state index in [0.717, 1.165) is 18.2 Å². The lowest BCUT2D eigenvalue weighted by Gasteiger charge is -2.46. The van der Waals surface area contributed by atoms with E-state index in [1.165, 1.54) is 36.0 Å². The summed E-state index contributed by atoms with van der Waals surface area (Å²) in [5, 5.41) is 0.239. The first-order valence-corrected chi connectivity index (χ1v) is 9.90. The van der Waals surface area contributed by atoms with Gasteiger partial charge in [0.2, 0.25) is 0 Å². The van der Waals surface area contributed by atoms with E-state index in [1.54, 1.807) is 0 Å². The van der Waals surface area contributed by atoms with Gasteiger partial charge < -0.3 is 10.5 Å². The van der Waals surface area contributed by atoms with Crippen LogP contribution in [-0.4, -0.2) is 17.5 Å². The van der Waals surface area contributed by atoms with Crippen molar-refractivity contribution in [3.63, 3.8) is 0 Å². The van der Waals surface area contributed by atoms with Crippen LogP contribution in [0.5, 0.6) is 0 Å². The van der Waals surface area contributed by atoms with Gasteiger partial charge in [-0.25, -0.2) is 13.8 Å². The van der Waals surface area contributed by atoms with Crippen LogP contribution in [-0.2, 0) is 16.5 Å². The molecule has 2 aromatic rings. The average Bonchev–Trinajstić information content (AvgIpc) is 2.66. The zero-order chi connectivity index (χ0) is 20.8. The summed E-state index contributed by atoms with van der Waals surface area (Å²) >= 11 is 1.27. The number of rotatable bonds is 2. The third-order valence-electron chi connectivity index (χ3n) is 5.43. The van der Waals surface area contributed by atoms with Crippen molar-refractivity contribution in [2.45, 2.75) is 24.2 Å². The zero-order valence-electron chi connectivity index (χ0n) is 15.0. The van der Waals surface area contributed by atoms with Gasteiger partial charge in [-0.1, -0.05) is 36.0 Å². The summed E-state index contributed by atoms with van der Waals surface area (Å²) in [5.74, 6) is -1.40. The van der Waals surface area contributed by atoms with Crippen LogP contribution in [0.3, 0.4) is 0 Å². The number of fused-ring (bicyclic) bond motifs is 1. The number of alkyl halides is 3. The number of nitrogens with two attached hydrogens (primary N) is 1. The van der Waals surface area contributed by atoms with Gasteiger partial charge in [-0.3, -0.25) is 0 Å². The third kappa shape index (κ3) is 3.61. The predicted molar refractivity (Wildman–Crippen MR) is 100 cm³/mol. The van der Waals surface area contributed by atoms with Crippen molar-refractivity contribution < 1.29 is 26.7 Å². The molecule has 1 saturated heterocycles. The van der Waals surface area contributed by atoms with Gasteiger partial charge in [0.25, 0.3) is 0 Å². The molecule has 0 unspecified atom stereocenters. The molecule has 29 heavy (non-hydrogen) atoms. The van der Waals surface area contributed by atoms with Crippen LogP contribution in [0.4, 0.5) is 22.0 Å². The first kappa shape index (κ1) is 20.2. The maximum atomic E-state index is 14.6. The molecule has 0 amide bonds. The number of ether oxygens (including phenoxy) is 1. The Balaban J connectivity index is 1.73. The lowest BCUT2D eigenvalue weighted by molar-refractivity contribution is -0.141. The van der Waals surface area contributed by atoms with E-state index in [-0.39, 0.29) is 35.2 Å².